The molecule has 0 unspecified atom stereocenters. The highest BCUT2D eigenvalue weighted by molar-refractivity contribution is 6.36. The number of aromatic nitrogens is 2. The van der Waals surface area contributed by atoms with Crippen LogP contribution in [-0.4, -0.2) is 42.1 Å². The van der Waals surface area contributed by atoms with Crippen molar-refractivity contribution in [2.24, 2.45) is 0 Å². The molecule has 0 atom stereocenters. The van der Waals surface area contributed by atoms with Crippen molar-refractivity contribution in [3.8, 4) is 0 Å². The first-order valence-electron chi connectivity index (χ1n) is 9.12. The molecule has 1 N–H and O–H groups in total. The highest BCUT2D eigenvalue weighted by Crippen LogP contribution is 2.25. The minimum Gasteiger partial charge on any atom is -0.378 e. The fraction of sp³-hybridized carbons (Fsp3) is 0.250. The van der Waals surface area contributed by atoms with Crippen molar-refractivity contribution in [1.29, 1.82) is 0 Å². The number of rotatable bonds is 4. The topological polar surface area (TPSA) is 76.5 Å². The third kappa shape index (κ3) is 4.07. The molecule has 0 saturated carbocycles. The lowest BCUT2D eigenvalue weighted by Gasteiger charge is -2.29. The number of nitrogens with one attached hydrogen (secondary N) is 1. The van der Waals surface area contributed by atoms with Gasteiger partial charge < -0.3 is 9.64 Å². The highest BCUT2D eigenvalue weighted by Gasteiger charge is 2.20. The van der Waals surface area contributed by atoms with Crippen molar-refractivity contribution < 1.29 is 9.53 Å². The predicted molar refractivity (Wildman–Crippen MR) is 114 cm³/mol. The van der Waals surface area contributed by atoms with Gasteiger partial charge in [-0.1, -0.05) is 47.5 Å². The molecule has 0 aliphatic carbocycles. The fourth-order valence-corrected chi connectivity index (χ4v) is 3.81. The van der Waals surface area contributed by atoms with Gasteiger partial charge in [-0.05, 0) is 23.8 Å². The smallest absolute Gasteiger partial charge is 0.294 e. The number of hydrogen-bond donors (Lipinski definition) is 1. The molecule has 2 heterocycles. The Morgan fingerprint density at radius 3 is 2.38 bits per heavy atom. The molecule has 3 aromatic rings. The minimum absolute atomic E-state index is 0.0770. The van der Waals surface area contributed by atoms with Gasteiger partial charge in [0.1, 0.15) is 0 Å². The molecular formula is C20H18Cl2N4O3. The number of ether oxygens (including phenoxy) is 1. The van der Waals surface area contributed by atoms with Crippen LogP contribution in [0.2, 0.25) is 10.0 Å². The van der Waals surface area contributed by atoms with Gasteiger partial charge in [-0.15, -0.1) is 9.89 Å². The second-order valence-corrected chi connectivity index (χ2v) is 7.41. The molecule has 0 spiro atoms. The zero-order chi connectivity index (χ0) is 20.4. The average Bonchev–Trinajstić information content (AvgIpc) is 2.73. The van der Waals surface area contributed by atoms with E-state index in [4.69, 9.17) is 27.9 Å². The summed E-state index contributed by atoms with van der Waals surface area (Å²) < 4.78 is 5.41. The van der Waals surface area contributed by atoms with Crippen molar-refractivity contribution in [2.45, 2.75) is 6.42 Å². The van der Waals surface area contributed by atoms with Crippen LogP contribution in [0.3, 0.4) is 0 Å². The van der Waals surface area contributed by atoms with Crippen molar-refractivity contribution in [3.63, 3.8) is 0 Å². The number of fused-ring (bicyclic) bond motifs is 1. The molecule has 1 aliphatic heterocycles. The summed E-state index contributed by atoms with van der Waals surface area (Å²) in [5.41, 5.74) is 2.65. The lowest BCUT2D eigenvalue weighted by molar-refractivity contribution is -0.116. The summed E-state index contributed by atoms with van der Waals surface area (Å²) >= 11 is 12.3. The summed E-state index contributed by atoms with van der Waals surface area (Å²) in [4.78, 5) is 28.5. The first-order valence-corrected chi connectivity index (χ1v) is 9.87. The first-order chi connectivity index (χ1) is 14.0. The maximum atomic E-state index is 12.9. The molecule has 2 aromatic carbocycles. The number of amides is 1. The minimum atomic E-state index is -0.446. The van der Waals surface area contributed by atoms with E-state index < -0.39 is 11.5 Å². The number of anilines is 1. The summed E-state index contributed by atoms with van der Waals surface area (Å²) in [5.74, 6) is 0.178. The van der Waals surface area contributed by atoms with Crippen molar-refractivity contribution in [1.82, 2.24) is 9.89 Å². The summed E-state index contributed by atoms with van der Waals surface area (Å²) in [7, 11) is 0. The molecule has 150 valence electrons. The molecule has 1 amide bonds. The van der Waals surface area contributed by atoms with E-state index in [-0.39, 0.29) is 6.42 Å². The van der Waals surface area contributed by atoms with Gasteiger partial charge in [-0.2, -0.15) is 0 Å². The SMILES string of the molecule is O=C(Cc1c(Cl)cccc1Cl)Nn1nc(N2CCOCC2)c2ccccc2c1=O. The third-order valence-electron chi connectivity index (χ3n) is 4.73. The zero-order valence-corrected chi connectivity index (χ0v) is 16.9. The van der Waals surface area contributed by atoms with E-state index in [0.717, 1.165) is 10.2 Å². The largest absolute Gasteiger partial charge is 0.378 e. The van der Waals surface area contributed by atoms with E-state index in [0.29, 0.717) is 53.1 Å². The summed E-state index contributed by atoms with van der Waals surface area (Å²) in [5, 5.41) is 6.41. The van der Waals surface area contributed by atoms with Crippen LogP contribution in [0.15, 0.2) is 47.3 Å². The van der Waals surface area contributed by atoms with E-state index in [1.165, 1.54) is 0 Å². The lowest BCUT2D eigenvalue weighted by atomic mass is 10.1. The van der Waals surface area contributed by atoms with Gasteiger partial charge >= 0.3 is 0 Å². The van der Waals surface area contributed by atoms with Crippen molar-refractivity contribution in [2.75, 3.05) is 36.6 Å². The van der Waals surface area contributed by atoms with Gasteiger partial charge in [0.2, 0.25) is 5.91 Å². The molecular weight excluding hydrogens is 415 g/mol. The van der Waals surface area contributed by atoms with E-state index in [9.17, 15) is 9.59 Å². The number of morpholine rings is 1. The highest BCUT2D eigenvalue weighted by atomic mass is 35.5. The summed E-state index contributed by atoms with van der Waals surface area (Å²) in [6.07, 6.45) is -0.0770. The van der Waals surface area contributed by atoms with Crippen LogP contribution in [0.1, 0.15) is 5.56 Å². The molecule has 1 fully saturated rings. The standard InChI is InChI=1S/C20H18Cl2N4O3/c21-16-6-3-7-17(22)15(16)12-18(27)23-26-20(28)14-5-2-1-4-13(14)19(24-26)25-8-10-29-11-9-25/h1-7H,8-12H2,(H,23,27). The molecule has 0 bridgehead atoms. The van der Waals surface area contributed by atoms with E-state index in [1.807, 2.05) is 17.0 Å². The van der Waals surface area contributed by atoms with Gasteiger partial charge in [0.05, 0.1) is 25.0 Å². The van der Waals surface area contributed by atoms with Crippen molar-refractivity contribution >= 4 is 45.7 Å². The predicted octanol–water partition coefficient (Wildman–Crippen LogP) is 2.85. The maximum Gasteiger partial charge on any atom is 0.294 e. The second kappa shape index (κ2) is 8.41. The van der Waals surface area contributed by atoms with Crippen LogP contribution in [0.4, 0.5) is 5.82 Å². The lowest BCUT2D eigenvalue weighted by Crippen LogP contribution is -2.41. The Morgan fingerprint density at radius 2 is 1.69 bits per heavy atom. The van der Waals surface area contributed by atoms with Crippen LogP contribution in [0.5, 0.6) is 0 Å². The monoisotopic (exact) mass is 432 g/mol. The van der Waals surface area contributed by atoms with Gasteiger partial charge in [-0.25, -0.2) is 5.43 Å². The molecule has 0 radical (unpaired) electrons. The molecule has 1 aromatic heterocycles. The quantitative estimate of drug-likeness (QED) is 0.685. The van der Waals surface area contributed by atoms with E-state index >= 15 is 0 Å². The van der Waals surface area contributed by atoms with E-state index in [1.54, 1.807) is 30.3 Å². The summed E-state index contributed by atoms with van der Waals surface area (Å²) in [6.45, 7) is 2.45. The van der Waals surface area contributed by atoms with Crippen LogP contribution >= 0.6 is 23.2 Å². The van der Waals surface area contributed by atoms with Crippen LogP contribution in [0, 0.1) is 0 Å². The number of halogens is 2. The van der Waals surface area contributed by atoms with Gasteiger partial charge in [0.25, 0.3) is 5.56 Å². The normalized spacial score (nSPS) is 14.2. The Kier molecular flexibility index (Phi) is 5.71. The molecule has 7 nitrogen and oxygen atoms in total. The number of benzene rings is 2. The first kappa shape index (κ1) is 19.7. The molecule has 1 aliphatic rings. The molecule has 1 saturated heterocycles. The number of nitrogens with zero attached hydrogens (tertiary/aromatic N) is 3. The van der Waals surface area contributed by atoms with Gasteiger partial charge in [-0.3, -0.25) is 9.59 Å². The fourth-order valence-electron chi connectivity index (χ4n) is 3.28. The van der Waals surface area contributed by atoms with Gasteiger partial charge in [0, 0.05) is 28.5 Å². The molecule has 29 heavy (non-hydrogen) atoms. The maximum absolute atomic E-state index is 12.9. The van der Waals surface area contributed by atoms with Gasteiger partial charge in [0.15, 0.2) is 5.82 Å². The van der Waals surface area contributed by atoms with Crippen LogP contribution < -0.4 is 15.9 Å². The average molecular weight is 433 g/mol. The second-order valence-electron chi connectivity index (χ2n) is 6.60. The number of carbonyl (C=O) groups is 1. The Hall–Kier alpha value is -2.61. The van der Waals surface area contributed by atoms with E-state index in [2.05, 4.69) is 10.5 Å². The van der Waals surface area contributed by atoms with Crippen LogP contribution in [0.25, 0.3) is 10.8 Å². The third-order valence-corrected chi connectivity index (χ3v) is 5.43. The Labute approximate surface area is 176 Å². The molecule has 9 heteroatoms. The van der Waals surface area contributed by atoms with Crippen molar-refractivity contribution in [3.05, 3.63) is 68.4 Å². The Balaban J connectivity index is 1.69. The number of carbonyl (C=O) groups excluding carboxylic acids is 1. The Bertz CT molecular complexity index is 1110. The van der Waals surface area contributed by atoms with Crippen LogP contribution in [-0.2, 0) is 16.0 Å². The Morgan fingerprint density at radius 1 is 1.03 bits per heavy atom. The number of hydrogen-bond acceptors (Lipinski definition) is 5. The zero-order valence-electron chi connectivity index (χ0n) is 15.4. The summed E-state index contributed by atoms with van der Waals surface area (Å²) in [6, 6.07) is 12.2. The molecule has 4 rings (SSSR count).